The molecular weight excluding hydrogens is 231 g/mol. The van der Waals surface area contributed by atoms with Gasteiger partial charge >= 0.3 is 0 Å². The fraction of sp³-hybridized carbons (Fsp3) is 0.357. The van der Waals surface area contributed by atoms with Crippen LogP contribution in [0.15, 0.2) is 30.3 Å². The second-order valence-electron chi connectivity index (χ2n) is 4.47. The first kappa shape index (κ1) is 12.8. The van der Waals surface area contributed by atoms with E-state index in [9.17, 15) is 9.18 Å². The van der Waals surface area contributed by atoms with Gasteiger partial charge in [-0.2, -0.15) is 0 Å². The monoisotopic (exact) mass is 248 g/mol. The SMILES string of the molecule is CC1CNCCN1C(=O)/C=C/c1cccc(F)c1. The fourth-order valence-corrected chi connectivity index (χ4v) is 2.04. The van der Waals surface area contributed by atoms with Crippen molar-refractivity contribution in [3.05, 3.63) is 41.7 Å². The number of hydrogen-bond acceptors (Lipinski definition) is 2. The van der Waals surface area contributed by atoms with Gasteiger partial charge in [-0.1, -0.05) is 12.1 Å². The zero-order valence-corrected chi connectivity index (χ0v) is 10.4. The third-order valence-electron chi connectivity index (χ3n) is 3.05. The van der Waals surface area contributed by atoms with Crippen LogP contribution in [0.3, 0.4) is 0 Å². The Hall–Kier alpha value is -1.68. The normalized spacial score (nSPS) is 20.3. The Morgan fingerprint density at radius 3 is 3.11 bits per heavy atom. The Morgan fingerprint density at radius 1 is 1.56 bits per heavy atom. The van der Waals surface area contributed by atoms with Crippen LogP contribution < -0.4 is 5.32 Å². The number of carbonyl (C=O) groups is 1. The van der Waals surface area contributed by atoms with Crippen molar-refractivity contribution in [2.75, 3.05) is 19.6 Å². The van der Waals surface area contributed by atoms with Crippen LogP contribution in [0.2, 0.25) is 0 Å². The van der Waals surface area contributed by atoms with Gasteiger partial charge in [-0.15, -0.1) is 0 Å². The van der Waals surface area contributed by atoms with E-state index in [0.717, 1.165) is 13.1 Å². The highest BCUT2D eigenvalue weighted by atomic mass is 19.1. The molecular formula is C14H17FN2O. The van der Waals surface area contributed by atoms with E-state index in [2.05, 4.69) is 5.32 Å². The standard InChI is InChI=1S/C14H17FN2O/c1-11-10-16-7-8-17(11)14(18)6-5-12-3-2-4-13(15)9-12/h2-6,9,11,16H,7-8,10H2,1H3/b6-5+. The topological polar surface area (TPSA) is 32.3 Å². The van der Waals surface area contributed by atoms with E-state index in [-0.39, 0.29) is 17.8 Å². The number of benzene rings is 1. The molecule has 1 atom stereocenters. The minimum absolute atomic E-state index is 0.0201. The van der Waals surface area contributed by atoms with Crippen molar-refractivity contribution in [1.82, 2.24) is 10.2 Å². The van der Waals surface area contributed by atoms with Crippen LogP contribution in [-0.4, -0.2) is 36.5 Å². The van der Waals surface area contributed by atoms with Crippen LogP contribution in [0.25, 0.3) is 6.08 Å². The summed E-state index contributed by atoms with van der Waals surface area (Å²) in [6, 6.07) is 6.40. The zero-order chi connectivity index (χ0) is 13.0. The number of hydrogen-bond donors (Lipinski definition) is 1. The zero-order valence-electron chi connectivity index (χ0n) is 10.4. The third kappa shape index (κ3) is 3.17. The van der Waals surface area contributed by atoms with Crippen LogP contribution in [-0.2, 0) is 4.79 Å². The number of carbonyl (C=O) groups excluding carboxylic acids is 1. The van der Waals surface area contributed by atoms with Gasteiger partial charge in [-0.3, -0.25) is 4.79 Å². The van der Waals surface area contributed by atoms with Crippen LogP contribution in [0.4, 0.5) is 4.39 Å². The number of rotatable bonds is 2. The van der Waals surface area contributed by atoms with E-state index in [4.69, 9.17) is 0 Å². The van der Waals surface area contributed by atoms with E-state index >= 15 is 0 Å². The highest BCUT2D eigenvalue weighted by molar-refractivity contribution is 5.92. The van der Waals surface area contributed by atoms with Crippen LogP contribution in [0.1, 0.15) is 12.5 Å². The van der Waals surface area contributed by atoms with E-state index < -0.39 is 0 Å². The van der Waals surface area contributed by atoms with E-state index in [1.165, 1.54) is 18.2 Å². The Kier molecular flexibility index (Phi) is 4.10. The Labute approximate surface area is 106 Å². The minimum Gasteiger partial charge on any atom is -0.334 e. The van der Waals surface area contributed by atoms with Crippen LogP contribution in [0, 0.1) is 5.82 Å². The molecule has 18 heavy (non-hydrogen) atoms. The summed E-state index contributed by atoms with van der Waals surface area (Å²) in [5.41, 5.74) is 0.700. The summed E-state index contributed by atoms with van der Waals surface area (Å²) in [6.45, 7) is 4.37. The largest absolute Gasteiger partial charge is 0.334 e. The first-order valence-electron chi connectivity index (χ1n) is 6.12. The molecule has 1 aliphatic rings. The lowest BCUT2D eigenvalue weighted by molar-refractivity contribution is -0.128. The van der Waals surface area contributed by atoms with Gasteiger partial charge in [0.25, 0.3) is 0 Å². The molecule has 1 aromatic carbocycles. The molecule has 1 aliphatic heterocycles. The average Bonchev–Trinajstić information content (AvgIpc) is 2.37. The van der Waals surface area contributed by atoms with E-state index in [1.54, 1.807) is 18.2 Å². The first-order valence-corrected chi connectivity index (χ1v) is 6.12. The maximum atomic E-state index is 13.0. The number of nitrogens with zero attached hydrogens (tertiary/aromatic N) is 1. The van der Waals surface area contributed by atoms with Gasteiger partial charge in [0.15, 0.2) is 0 Å². The molecule has 2 rings (SSSR count). The van der Waals surface area contributed by atoms with Crippen molar-refractivity contribution < 1.29 is 9.18 Å². The number of amides is 1. The number of halogens is 1. The molecule has 0 spiro atoms. The van der Waals surface area contributed by atoms with Crippen molar-refractivity contribution in [3.8, 4) is 0 Å². The average molecular weight is 248 g/mol. The Bertz CT molecular complexity index is 459. The van der Waals surface area contributed by atoms with E-state index in [1.807, 2.05) is 11.8 Å². The fourth-order valence-electron chi connectivity index (χ4n) is 2.04. The Morgan fingerprint density at radius 2 is 2.39 bits per heavy atom. The summed E-state index contributed by atoms with van der Waals surface area (Å²) in [4.78, 5) is 13.8. The number of piperazine rings is 1. The molecule has 4 heteroatoms. The van der Waals surface area contributed by atoms with Gasteiger partial charge in [-0.25, -0.2) is 4.39 Å². The van der Waals surface area contributed by atoms with Gasteiger partial charge in [0.05, 0.1) is 0 Å². The van der Waals surface area contributed by atoms with Gasteiger partial charge < -0.3 is 10.2 Å². The van der Waals surface area contributed by atoms with Crippen LogP contribution in [0.5, 0.6) is 0 Å². The second kappa shape index (κ2) is 5.78. The van der Waals surface area contributed by atoms with E-state index in [0.29, 0.717) is 12.1 Å². The van der Waals surface area contributed by atoms with Crippen molar-refractivity contribution in [3.63, 3.8) is 0 Å². The predicted octanol–water partition coefficient (Wildman–Crippen LogP) is 1.66. The molecule has 1 amide bonds. The maximum absolute atomic E-state index is 13.0. The van der Waals surface area contributed by atoms with Crippen LogP contribution >= 0.6 is 0 Å². The quantitative estimate of drug-likeness (QED) is 0.807. The summed E-state index contributed by atoms with van der Waals surface area (Å²) in [7, 11) is 0. The van der Waals surface area contributed by atoms with Crippen molar-refractivity contribution in [2.45, 2.75) is 13.0 Å². The van der Waals surface area contributed by atoms with Gasteiger partial charge in [0.1, 0.15) is 5.82 Å². The summed E-state index contributed by atoms with van der Waals surface area (Å²) < 4.78 is 13.0. The molecule has 1 heterocycles. The molecule has 1 unspecified atom stereocenters. The molecule has 1 aromatic rings. The lowest BCUT2D eigenvalue weighted by Crippen LogP contribution is -2.51. The highest BCUT2D eigenvalue weighted by Crippen LogP contribution is 2.08. The molecule has 0 aromatic heterocycles. The molecule has 96 valence electrons. The first-order chi connectivity index (χ1) is 8.66. The molecule has 0 saturated carbocycles. The van der Waals surface area contributed by atoms with Gasteiger partial charge in [-0.05, 0) is 30.7 Å². The molecule has 0 aliphatic carbocycles. The summed E-state index contributed by atoms with van der Waals surface area (Å²) in [5, 5.41) is 3.23. The molecule has 0 radical (unpaired) electrons. The Balaban J connectivity index is 2.02. The van der Waals surface area contributed by atoms with Crippen molar-refractivity contribution in [2.24, 2.45) is 0 Å². The van der Waals surface area contributed by atoms with Crippen molar-refractivity contribution in [1.29, 1.82) is 0 Å². The highest BCUT2D eigenvalue weighted by Gasteiger charge is 2.20. The molecule has 3 nitrogen and oxygen atoms in total. The molecule has 1 N–H and O–H groups in total. The summed E-state index contributed by atoms with van der Waals surface area (Å²) in [6.07, 6.45) is 3.16. The lowest BCUT2D eigenvalue weighted by atomic mass is 10.2. The second-order valence-corrected chi connectivity index (χ2v) is 4.47. The molecule has 0 bridgehead atoms. The van der Waals surface area contributed by atoms with Crippen molar-refractivity contribution >= 4 is 12.0 Å². The smallest absolute Gasteiger partial charge is 0.246 e. The maximum Gasteiger partial charge on any atom is 0.246 e. The summed E-state index contributed by atoms with van der Waals surface area (Å²) >= 11 is 0. The van der Waals surface area contributed by atoms with Gasteiger partial charge in [0.2, 0.25) is 5.91 Å². The predicted molar refractivity (Wildman–Crippen MR) is 69.5 cm³/mol. The van der Waals surface area contributed by atoms with Gasteiger partial charge in [0, 0.05) is 31.8 Å². The summed E-state index contributed by atoms with van der Waals surface area (Å²) in [5.74, 6) is -0.312. The lowest BCUT2D eigenvalue weighted by Gasteiger charge is -2.33. The molecule has 1 saturated heterocycles. The number of nitrogens with one attached hydrogen (secondary N) is 1. The minimum atomic E-state index is -0.292. The third-order valence-corrected chi connectivity index (χ3v) is 3.05. The molecule has 1 fully saturated rings.